The summed E-state index contributed by atoms with van der Waals surface area (Å²) in [5.74, 6) is -0.0898. The highest BCUT2D eigenvalue weighted by molar-refractivity contribution is 7.88. The van der Waals surface area contributed by atoms with Crippen molar-refractivity contribution in [3.05, 3.63) is 11.9 Å². The lowest BCUT2D eigenvalue weighted by Crippen LogP contribution is -2.50. The summed E-state index contributed by atoms with van der Waals surface area (Å²) in [5.41, 5.74) is 0.338. The lowest BCUT2D eigenvalue weighted by atomic mass is 10.2. The normalized spacial score (nSPS) is 21.1. The van der Waals surface area contributed by atoms with Gasteiger partial charge in [-0.05, 0) is 12.8 Å². The zero-order valence-corrected chi connectivity index (χ0v) is 12.1. The van der Waals surface area contributed by atoms with Gasteiger partial charge in [-0.2, -0.15) is 4.31 Å². The molecule has 2 aliphatic heterocycles. The summed E-state index contributed by atoms with van der Waals surface area (Å²) in [4.78, 5) is 13.9. The van der Waals surface area contributed by atoms with Crippen molar-refractivity contribution < 1.29 is 13.2 Å². The third-order valence-electron chi connectivity index (χ3n) is 3.79. The summed E-state index contributed by atoms with van der Waals surface area (Å²) in [6.07, 6.45) is 4.87. The lowest BCUT2D eigenvalue weighted by molar-refractivity contribution is 0.0786. The Hall–Kier alpha value is -1.48. The van der Waals surface area contributed by atoms with Gasteiger partial charge in [0.25, 0.3) is 5.91 Å². The Balaban J connectivity index is 1.65. The molecule has 0 unspecified atom stereocenters. The highest BCUT2D eigenvalue weighted by Crippen LogP contribution is 2.23. The van der Waals surface area contributed by atoms with Crippen molar-refractivity contribution in [3.63, 3.8) is 0 Å². The van der Waals surface area contributed by atoms with Crippen molar-refractivity contribution in [2.45, 2.75) is 18.9 Å². The molecule has 0 aromatic carbocycles. The van der Waals surface area contributed by atoms with E-state index in [0.29, 0.717) is 18.8 Å². The molecule has 1 aromatic rings. The summed E-state index contributed by atoms with van der Waals surface area (Å²) in [6, 6.07) is -0.0302. The molecule has 9 heteroatoms. The van der Waals surface area contributed by atoms with Gasteiger partial charge in [-0.15, -0.1) is 5.10 Å². The fraction of sp³-hybridized carbons (Fsp3) is 0.727. The molecule has 20 heavy (non-hydrogen) atoms. The van der Waals surface area contributed by atoms with Crippen LogP contribution < -0.4 is 0 Å². The van der Waals surface area contributed by atoms with Crippen LogP contribution in [0.25, 0.3) is 0 Å². The SMILES string of the molecule is CS(=O)(=O)N1CC(n2cc(C(=O)N3CCCC3)nn2)C1. The highest BCUT2D eigenvalue weighted by atomic mass is 32.2. The topological polar surface area (TPSA) is 88.4 Å². The number of hydrogen-bond acceptors (Lipinski definition) is 5. The van der Waals surface area contributed by atoms with Gasteiger partial charge in [0.05, 0.1) is 18.5 Å². The minimum Gasteiger partial charge on any atom is -0.337 e. The Bertz CT molecular complexity index is 614. The summed E-state index contributed by atoms with van der Waals surface area (Å²) < 4.78 is 25.6. The van der Waals surface area contributed by atoms with E-state index in [1.165, 1.54) is 10.6 Å². The van der Waals surface area contributed by atoms with Crippen LogP contribution in [-0.2, 0) is 10.0 Å². The molecule has 2 saturated heterocycles. The van der Waals surface area contributed by atoms with Gasteiger partial charge in [-0.25, -0.2) is 13.1 Å². The van der Waals surface area contributed by atoms with Crippen molar-refractivity contribution in [1.29, 1.82) is 0 Å². The molecule has 0 atom stereocenters. The zero-order chi connectivity index (χ0) is 14.3. The highest BCUT2D eigenvalue weighted by Gasteiger charge is 2.35. The molecule has 1 amide bonds. The number of nitrogens with zero attached hydrogens (tertiary/aromatic N) is 5. The van der Waals surface area contributed by atoms with Crippen molar-refractivity contribution in [2.75, 3.05) is 32.4 Å². The van der Waals surface area contributed by atoms with Gasteiger partial charge in [0.15, 0.2) is 5.69 Å². The largest absolute Gasteiger partial charge is 0.337 e. The predicted octanol–water partition coefficient (Wildman–Crippen LogP) is -0.670. The fourth-order valence-electron chi connectivity index (χ4n) is 2.49. The maximum atomic E-state index is 12.1. The third kappa shape index (κ3) is 2.42. The second kappa shape index (κ2) is 4.81. The summed E-state index contributed by atoms with van der Waals surface area (Å²) in [7, 11) is -3.13. The second-order valence-electron chi connectivity index (χ2n) is 5.32. The first-order valence-electron chi connectivity index (χ1n) is 6.61. The summed E-state index contributed by atoms with van der Waals surface area (Å²) in [5, 5.41) is 7.85. The smallest absolute Gasteiger partial charge is 0.276 e. The van der Waals surface area contributed by atoms with Crippen LogP contribution in [0.3, 0.4) is 0 Å². The van der Waals surface area contributed by atoms with Gasteiger partial charge in [0.1, 0.15) is 0 Å². The third-order valence-corrected chi connectivity index (χ3v) is 5.03. The average molecular weight is 299 g/mol. The van der Waals surface area contributed by atoms with E-state index >= 15 is 0 Å². The number of rotatable bonds is 3. The lowest BCUT2D eigenvalue weighted by Gasteiger charge is -2.36. The fourth-order valence-corrected chi connectivity index (χ4v) is 3.38. The number of aromatic nitrogens is 3. The summed E-state index contributed by atoms with van der Waals surface area (Å²) >= 11 is 0. The molecule has 0 bridgehead atoms. The van der Waals surface area contributed by atoms with E-state index in [1.807, 2.05) is 0 Å². The van der Waals surface area contributed by atoms with Crippen LogP contribution in [0.1, 0.15) is 29.4 Å². The Morgan fingerprint density at radius 2 is 1.95 bits per heavy atom. The Morgan fingerprint density at radius 3 is 2.55 bits per heavy atom. The number of carbonyl (C=O) groups excluding carboxylic acids is 1. The van der Waals surface area contributed by atoms with Crippen molar-refractivity contribution in [1.82, 2.24) is 24.2 Å². The van der Waals surface area contributed by atoms with Gasteiger partial charge in [0, 0.05) is 26.2 Å². The summed E-state index contributed by atoms with van der Waals surface area (Å²) in [6.45, 7) is 2.33. The number of sulfonamides is 1. The number of likely N-dealkylation sites (tertiary alicyclic amines) is 1. The van der Waals surface area contributed by atoms with Crippen LogP contribution in [0.2, 0.25) is 0 Å². The van der Waals surface area contributed by atoms with Crippen molar-refractivity contribution in [3.8, 4) is 0 Å². The van der Waals surface area contributed by atoms with Crippen LogP contribution in [0.15, 0.2) is 6.20 Å². The molecule has 110 valence electrons. The molecular formula is C11H17N5O3S. The van der Waals surface area contributed by atoms with Gasteiger partial charge >= 0.3 is 0 Å². The predicted molar refractivity (Wildman–Crippen MR) is 70.6 cm³/mol. The zero-order valence-electron chi connectivity index (χ0n) is 11.3. The maximum absolute atomic E-state index is 12.1. The standard InChI is InChI=1S/C11H17N5O3S/c1-20(18,19)15-6-9(7-15)16-8-10(12-13-16)11(17)14-4-2-3-5-14/h8-9H,2-7H2,1H3. The minimum atomic E-state index is -3.13. The molecular weight excluding hydrogens is 282 g/mol. The van der Waals surface area contributed by atoms with Crippen LogP contribution >= 0.6 is 0 Å². The monoisotopic (exact) mass is 299 g/mol. The van der Waals surface area contributed by atoms with Crippen molar-refractivity contribution in [2.24, 2.45) is 0 Å². The quantitative estimate of drug-likeness (QED) is 0.738. The molecule has 1 aromatic heterocycles. The molecule has 3 rings (SSSR count). The molecule has 0 aliphatic carbocycles. The minimum absolute atomic E-state index is 0.0302. The second-order valence-corrected chi connectivity index (χ2v) is 7.30. The number of hydrogen-bond donors (Lipinski definition) is 0. The molecule has 0 spiro atoms. The van der Waals surface area contributed by atoms with Crippen LogP contribution in [0.4, 0.5) is 0 Å². The van der Waals surface area contributed by atoms with Gasteiger partial charge in [-0.3, -0.25) is 4.79 Å². The molecule has 3 heterocycles. The van der Waals surface area contributed by atoms with E-state index in [-0.39, 0.29) is 11.9 Å². The number of amides is 1. The van der Waals surface area contributed by atoms with Gasteiger partial charge < -0.3 is 4.90 Å². The maximum Gasteiger partial charge on any atom is 0.276 e. The average Bonchev–Trinajstić information content (AvgIpc) is 2.95. The van der Waals surface area contributed by atoms with Gasteiger partial charge in [-0.1, -0.05) is 5.21 Å². The van der Waals surface area contributed by atoms with E-state index < -0.39 is 10.0 Å². The van der Waals surface area contributed by atoms with Gasteiger partial charge in [0.2, 0.25) is 10.0 Å². The Kier molecular flexibility index (Phi) is 3.25. The molecule has 2 fully saturated rings. The first-order valence-corrected chi connectivity index (χ1v) is 8.46. The van der Waals surface area contributed by atoms with Crippen LogP contribution in [0.5, 0.6) is 0 Å². The van der Waals surface area contributed by atoms with E-state index in [2.05, 4.69) is 10.3 Å². The van der Waals surface area contributed by atoms with E-state index in [4.69, 9.17) is 0 Å². The van der Waals surface area contributed by atoms with E-state index in [9.17, 15) is 13.2 Å². The Labute approximate surface area is 117 Å². The first-order chi connectivity index (χ1) is 9.45. The molecule has 0 N–H and O–H groups in total. The Morgan fingerprint density at radius 1 is 1.30 bits per heavy atom. The molecule has 0 radical (unpaired) electrons. The van der Waals surface area contributed by atoms with E-state index in [0.717, 1.165) is 25.9 Å². The molecule has 0 saturated carbocycles. The van der Waals surface area contributed by atoms with Crippen molar-refractivity contribution >= 4 is 15.9 Å². The van der Waals surface area contributed by atoms with Crippen LogP contribution in [-0.4, -0.2) is 71.0 Å². The molecule has 8 nitrogen and oxygen atoms in total. The number of carbonyl (C=O) groups is 1. The van der Waals surface area contributed by atoms with E-state index in [1.54, 1.807) is 15.8 Å². The molecule has 2 aliphatic rings. The first kappa shape index (κ1) is 13.5. The van der Waals surface area contributed by atoms with Crippen LogP contribution in [0, 0.1) is 0 Å².